The number of hydrogen-bond donors (Lipinski definition) is 5. The van der Waals surface area contributed by atoms with Gasteiger partial charge in [0.05, 0.1) is 17.5 Å². The third-order valence-electron chi connectivity index (χ3n) is 5.44. The fourth-order valence-electron chi connectivity index (χ4n) is 3.76. The molecule has 8 atom stereocenters. The van der Waals surface area contributed by atoms with Crippen molar-refractivity contribution in [3.8, 4) is 0 Å². The number of alkyl halides is 1. The zero-order valence-electron chi connectivity index (χ0n) is 16.6. The summed E-state index contributed by atoms with van der Waals surface area (Å²) in [5.74, 6) is 0.407. The van der Waals surface area contributed by atoms with E-state index in [1.165, 1.54) is 11.8 Å². The third-order valence-corrected chi connectivity index (χ3v) is 6.32. The maximum Gasteiger partial charge on any atom is 0.237 e. The van der Waals surface area contributed by atoms with Crippen LogP contribution in [0.5, 0.6) is 0 Å². The van der Waals surface area contributed by atoms with Gasteiger partial charge in [-0.2, -0.15) is 0 Å². The average Bonchev–Trinajstić information content (AvgIpc) is 2.92. The highest BCUT2D eigenvalue weighted by molar-refractivity contribution is 7.98. The normalized spacial score (nSPS) is 36.4. The van der Waals surface area contributed by atoms with E-state index < -0.39 is 35.5 Å². The summed E-state index contributed by atoms with van der Waals surface area (Å²) in [5, 5.41) is 26.0. The summed E-state index contributed by atoms with van der Waals surface area (Å²) in [6, 6.07) is -0.991. The Kier molecular flexibility index (Phi) is 10.3. The first-order valence-corrected chi connectivity index (χ1v) is 11.7. The number of nitrogens with two attached hydrogens (primary N) is 1. The minimum Gasteiger partial charge on any atom is -0.385 e. The molecule has 0 spiro atoms. The molecule has 0 aromatic heterocycles. The van der Waals surface area contributed by atoms with Crippen molar-refractivity contribution in [2.45, 2.75) is 80.6 Å². The van der Waals surface area contributed by atoms with Crippen LogP contribution in [0.4, 0.5) is 0 Å². The van der Waals surface area contributed by atoms with E-state index >= 15 is 0 Å². The fourth-order valence-corrected chi connectivity index (χ4v) is 4.43. The molecule has 8 nitrogen and oxygen atoms in total. The molecule has 0 aromatic rings. The van der Waals surface area contributed by atoms with Crippen LogP contribution in [0.3, 0.4) is 0 Å². The molecule has 0 saturated carbocycles. The van der Waals surface area contributed by atoms with Gasteiger partial charge in [-0.15, -0.1) is 23.4 Å². The molecule has 10 heteroatoms. The van der Waals surface area contributed by atoms with E-state index in [2.05, 4.69) is 10.6 Å². The van der Waals surface area contributed by atoms with Crippen LogP contribution in [-0.2, 0) is 14.3 Å². The number of carbonyl (C=O) groups excluding carboxylic acids is 1. The first-order chi connectivity index (χ1) is 13.4. The van der Waals surface area contributed by atoms with E-state index in [-0.39, 0.29) is 11.9 Å². The Hall–Kier alpha value is -0.130. The number of carbonyl (C=O) groups is 1. The van der Waals surface area contributed by atoms with Gasteiger partial charge in [0, 0.05) is 0 Å². The second-order valence-electron chi connectivity index (χ2n) is 7.52. The predicted molar refractivity (Wildman–Crippen MR) is 110 cm³/mol. The topological polar surface area (TPSA) is 126 Å². The second-order valence-corrected chi connectivity index (χ2v) is 9.07. The highest BCUT2D eigenvalue weighted by atomic mass is 35.5. The maximum absolute atomic E-state index is 12.9. The standard InChI is InChI=1S/C18H34ClN3O5S/c1-10(19)13(15-14(23)17(25)27-18(26-15)28-2)22-16(24)12-6-5-11(4-3-8-20)7-9-21-12/h10-15,17-18,21,23,25H,3-9,20H2,1-2H3,(H,22,24)/t10?,11?,12?,13?,14?,15?,17-,18?/m1/s1. The smallest absolute Gasteiger partial charge is 0.237 e. The summed E-state index contributed by atoms with van der Waals surface area (Å²) in [6.07, 6.45) is 3.01. The number of aliphatic hydroxyl groups excluding tert-OH is 2. The zero-order valence-corrected chi connectivity index (χ0v) is 18.1. The molecule has 0 aromatic carbocycles. The molecule has 2 heterocycles. The average molecular weight is 440 g/mol. The summed E-state index contributed by atoms with van der Waals surface area (Å²) >= 11 is 7.56. The molecule has 164 valence electrons. The Morgan fingerprint density at radius 3 is 2.75 bits per heavy atom. The molecule has 2 saturated heterocycles. The zero-order chi connectivity index (χ0) is 20.7. The van der Waals surface area contributed by atoms with Crippen molar-refractivity contribution in [2.24, 2.45) is 11.7 Å². The minimum absolute atomic E-state index is 0.172. The largest absolute Gasteiger partial charge is 0.385 e. The van der Waals surface area contributed by atoms with Gasteiger partial charge in [-0.25, -0.2) is 0 Å². The summed E-state index contributed by atoms with van der Waals surface area (Å²) in [6.45, 7) is 3.19. The Labute approximate surface area is 176 Å². The second kappa shape index (κ2) is 11.9. The van der Waals surface area contributed by atoms with Gasteiger partial charge < -0.3 is 36.1 Å². The lowest BCUT2D eigenvalue weighted by atomic mass is 9.94. The van der Waals surface area contributed by atoms with E-state index in [4.69, 9.17) is 26.8 Å². The first kappa shape index (κ1) is 24.1. The number of thioether (sulfide) groups is 1. The lowest BCUT2D eigenvalue weighted by molar-refractivity contribution is -0.308. The molecule has 7 unspecified atom stereocenters. The lowest BCUT2D eigenvalue weighted by Crippen LogP contribution is -2.62. The number of hydrogen-bond acceptors (Lipinski definition) is 8. The van der Waals surface area contributed by atoms with Gasteiger partial charge in [0.25, 0.3) is 0 Å². The molecule has 2 aliphatic rings. The van der Waals surface area contributed by atoms with Crippen molar-refractivity contribution < 1.29 is 24.5 Å². The van der Waals surface area contributed by atoms with Crippen LogP contribution in [0.2, 0.25) is 0 Å². The monoisotopic (exact) mass is 439 g/mol. The summed E-state index contributed by atoms with van der Waals surface area (Å²) in [5.41, 5.74) is 4.86. The van der Waals surface area contributed by atoms with Crippen LogP contribution in [0.15, 0.2) is 0 Å². The molecule has 2 rings (SSSR count). The first-order valence-electron chi connectivity index (χ1n) is 9.95. The molecule has 0 bridgehead atoms. The molecule has 28 heavy (non-hydrogen) atoms. The van der Waals surface area contributed by atoms with Crippen LogP contribution < -0.4 is 16.4 Å². The molecule has 2 fully saturated rings. The Morgan fingerprint density at radius 1 is 1.36 bits per heavy atom. The molecular weight excluding hydrogens is 406 g/mol. The Morgan fingerprint density at radius 2 is 2.11 bits per heavy atom. The van der Waals surface area contributed by atoms with Gasteiger partial charge in [0.1, 0.15) is 12.2 Å². The molecule has 0 radical (unpaired) electrons. The van der Waals surface area contributed by atoms with E-state index in [0.717, 1.165) is 38.6 Å². The van der Waals surface area contributed by atoms with E-state index in [1.807, 2.05) is 0 Å². The number of nitrogens with one attached hydrogen (secondary N) is 2. The quantitative estimate of drug-likeness (QED) is 0.343. The summed E-state index contributed by atoms with van der Waals surface area (Å²) in [7, 11) is 0. The molecular formula is C18H34ClN3O5S. The summed E-state index contributed by atoms with van der Waals surface area (Å²) < 4.78 is 10.9. The van der Waals surface area contributed by atoms with Crippen molar-refractivity contribution in [3.05, 3.63) is 0 Å². The fraction of sp³-hybridized carbons (Fsp3) is 0.944. The molecule has 2 aliphatic heterocycles. The molecule has 1 amide bonds. The molecule has 6 N–H and O–H groups in total. The van der Waals surface area contributed by atoms with Crippen molar-refractivity contribution in [1.29, 1.82) is 0 Å². The van der Waals surface area contributed by atoms with E-state index in [9.17, 15) is 15.0 Å². The SMILES string of the molecule is CSC1OC(C(NC(=O)C2CCC(CCCN)CCN2)C(C)Cl)C(O)[C@H](O)O1. The number of ether oxygens (including phenoxy) is 2. The van der Waals surface area contributed by atoms with E-state index in [1.54, 1.807) is 13.2 Å². The van der Waals surface area contributed by atoms with Gasteiger partial charge in [-0.3, -0.25) is 4.79 Å². The Bertz CT molecular complexity index is 490. The highest BCUT2D eigenvalue weighted by Gasteiger charge is 2.44. The number of rotatable bonds is 8. The minimum atomic E-state index is -1.40. The van der Waals surface area contributed by atoms with Crippen LogP contribution in [0, 0.1) is 5.92 Å². The summed E-state index contributed by atoms with van der Waals surface area (Å²) in [4.78, 5) is 12.9. The van der Waals surface area contributed by atoms with Crippen LogP contribution >= 0.6 is 23.4 Å². The third kappa shape index (κ3) is 6.70. The van der Waals surface area contributed by atoms with E-state index in [0.29, 0.717) is 12.5 Å². The van der Waals surface area contributed by atoms with Crippen LogP contribution in [-0.4, -0.2) is 77.0 Å². The van der Waals surface area contributed by atoms with Gasteiger partial charge >= 0.3 is 0 Å². The highest BCUT2D eigenvalue weighted by Crippen LogP contribution is 2.28. The molecule has 0 aliphatic carbocycles. The number of aliphatic hydroxyl groups is 2. The maximum atomic E-state index is 12.9. The van der Waals surface area contributed by atoms with Crippen molar-refractivity contribution in [3.63, 3.8) is 0 Å². The van der Waals surface area contributed by atoms with Crippen LogP contribution in [0.25, 0.3) is 0 Å². The van der Waals surface area contributed by atoms with Gasteiger partial charge in [-0.1, -0.05) is 0 Å². The van der Waals surface area contributed by atoms with Crippen molar-refractivity contribution >= 4 is 29.3 Å². The van der Waals surface area contributed by atoms with Crippen molar-refractivity contribution in [2.75, 3.05) is 19.3 Å². The number of halogens is 1. The van der Waals surface area contributed by atoms with Crippen molar-refractivity contribution in [1.82, 2.24) is 10.6 Å². The number of amides is 1. The lowest BCUT2D eigenvalue weighted by Gasteiger charge is -2.41. The van der Waals surface area contributed by atoms with Crippen LogP contribution in [0.1, 0.15) is 39.0 Å². The van der Waals surface area contributed by atoms with Gasteiger partial charge in [0.15, 0.2) is 6.29 Å². The Balaban J connectivity index is 1.98. The predicted octanol–water partition coefficient (Wildman–Crippen LogP) is 0.337. The van der Waals surface area contributed by atoms with Gasteiger partial charge in [-0.05, 0) is 64.3 Å². The van der Waals surface area contributed by atoms with Gasteiger partial charge in [0.2, 0.25) is 11.5 Å².